The molecule has 1 aliphatic carbocycles. The highest BCUT2D eigenvalue weighted by atomic mass is 79.9. The van der Waals surface area contributed by atoms with Gasteiger partial charge in [-0.25, -0.2) is 9.97 Å². The molecule has 1 heterocycles. The molecule has 1 amide bonds. The fourth-order valence-corrected chi connectivity index (χ4v) is 2.93. The van der Waals surface area contributed by atoms with Crippen LogP contribution in [0.15, 0.2) is 41.0 Å². The second kappa shape index (κ2) is 6.87. The number of carbonyl (C=O) groups is 1. The van der Waals surface area contributed by atoms with Gasteiger partial charge in [-0.2, -0.15) is 0 Å². The van der Waals surface area contributed by atoms with Gasteiger partial charge in [0.15, 0.2) is 0 Å². The van der Waals surface area contributed by atoms with Crippen LogP contribution in [0.2, 0.25) is 0 Å². The van der Waals surface area contributed by atoms with Gasteiger partial charge in [-0.3, -0.25) is 4.79 Å². The first-order valence-electron chi connectivity index (χ1n) is 7.38. The van der Waals surface area contributed by atoms with Crippen molar-refractivity contribution in [2.75, 3.05) is 5.32 Å². The van der Waals surface area contributed by atoms with Gasteiger partial charge in [0, 0.05) is 17.9 Å². The van der Waals surface area contributed by atoms with E-state index in [0.29, 0.717) is 16.1 Å². The number of amides is 1. The molecule has 2 aromatic rings. The van der Waals surface area contributed by atoms with Gasteiger partial charge in [0.05, 0.1) is 4.47 Å². The average molecular weight is 361 g/mol. The number of rotatable bonds is 4. The van der Waals surface area contributed by atoms with Crippen LogP contribution in [0.25, 0.3) is 0 Å². The van der Waals surface area contributed by atoms with Crippen molar-refractivity contribution in [1.82, 2.24) is 15.3 Å². The third kappa shape index (κ3) is 3.62. The first kappa shape index (κ1) is 15.0. The van der Waals surface area contributed by atoms with E-state index in [2.05, 4.69) is 36.5 Å². The van der Waals surface area contributed by atoms with Gasteiger partial charge in [-0.1, -0.05) is 31.0 Å². The Bertz CT molecular complexity index is 656. The number of hydrogen-bond donors (Lipinski definition) is 2. The Morgan fingerprint density at radius 2 is 1.91 bits per heavy atom. The Kier molecular flexibility index (Phi) is 4.68. The van der Waals surface area contributed by atoms with Crippen LogP contribution >= 0.6 is 15.9 Å². The SMILES string of the molecule is O=C(NC1CCCC1)c1nc(Nc2ccccc2)ncc1Br. The molecule has 1 saturated carbocycles. The van der Waals surface area contributed by atoms with Gasteiger partial charge < -0.3 is 10.6 Å². The van der Waals surface area contributed by atoms with Crippen molar-refractivity contribution < 1.29 is 4.79 Å². The Labute approximate surface area is 137 Å². The molecule has 2 N–H and O–H groups in total. The molecule has 0 saturated heterocycles. The molecule has 6 heteroatoms. The molecular weight excluding hydrogens is 344 g/mol. The Hall–Kier alpha value is -1.95. The van der Waals surface area contributed by atoms with Gasteiger partial charge in [-0.15, -0.1) is 0 Å². The lowest BCUT2D eigenvalue weighted by atomic mass is 10.2. The van der Waals surface area contributed by atoms with Gasteiger partial charge in [0.1, 0.15) is 5.69 Å². The fourth-order valence-electron chi connectivity index (χ4n) is 2.56. The minimum Gasteiger partial charge on any atom is -0.348 e. The van der Waals surface area contributed by atoms with Gasteiger partial charge >= 0.3 is 0 Å². The molecule has 114 valence electrons. The number of nitrogens with zero attached hydrogens (tertiary/aromatic N) is 2. The third-order valence-electron chi connectivity index (χ3n) is 3.68. The van der Waals surface area contributed by atoms with E-state index in [4.69, 9.17) is 0 Å². The van der Waals surface area contributed by atoms with Crippen molar-refractivity contribution in [3.63, 3.8) is 0 Å². The van der Waals surface area contributed by atoms with Crippen molar-refractivity contribution >= 4 is 33.5 Å². The summed E-state index contributed by atoms with van der Waals surface area (Å²) in [6.45, 7) is 0. The van der Waals surface area contributed by atoms with Crippen molar-refractivity contribution in [3.05, 3.63) is 46.7 Å². The largest absolute Gasteiger partial charge is 0.348 e. The maximum absolute atomic E-state index is 12.4. The monoisotopic (exact) mass is 360 g/mol. The average Bonchev–Trinajstić information content (AvgIpc) is 3.03. The number of anilines is 2. The summed E-state index contributed by atoms with van der Waals surface area (Å²) in [6.07, 6.45) is 6.04. The molecule has 0 aliphatic heterocycles. The molecule has 5 nitrogen and oxygen atoms in total. The van der Waals surface area contributed by atoms with Crippen molar-refractivity contribution in [3.8, 4) is 0 Å². The Morgan fingerprint density at radius 3 is 2.64 bits per heavy atom. The minimum absolute atomic E-state index is 0.155. The number of aromatic nitrogens is 2. The molecule has 0 spiro atoms. The number of benzene rings is 1. The second-order valence-corrected chi connectivity index (χ2v) is 6.19. The summed E-state index contributed by atoms with van der Waals surface area (Å²) < 4.78 is 0.599. The summed E-state index contributed by atoms with van der Waals surface area (Å²) in [5, 5.41) is 6.14. The smallest absolute Gasteiger partial charge is 0.271 e. The summed E-state index contributed by atoms with van der Waals surface area (Å²) >= 11 is 3.35. The number of carbonyl (C=O) groups excluding carboxylic acids is 1. The molecule has 1 aromatic heterocycles. The third-order valence-corrected chi connectivity index (χ3v) is 4.26. The number of para-hydroxylation sites is 1. The zero-order chi connectivity index (χ0) is 15.4. The summed E-state index contributed by atoms with van der Waals surface area (Å²) in [4.78, 5) is 20.9. The highest BCUT2D eigenvalue weighted by Gasteiger charge is 2.20. The van der Waals surface area contributed by atoms with Crippen molar-refractivity contribution in [1.29, 1.82) is 0 Å². The lowest BCUT2D eigenvalue weighted by Gasteiger charge is -2.13. The lowest BCUT2D eigenvalue weighted by Crippen LogP contribution is -2.33. The van der Waals surface area contributed by atoms with Crippen LogP contribution in [0, 0.1) is 0 Å². The lowest BCUT2D eigenvalue weighted by molar-refractivity contribution is 0.0932. The standard InChI is InChI=1S/C16H17BrN4O/c17-13-10-18-16(20-12-6-2-1-3-7-12)21-14(13)15(22)19-11-8-4-5-9-11/h1-3,6-7,10-11H,4-5,8-9H2,(H,19,22)(H,18,20,21). The zero-order valence-electron chi connectivity index (χ0n) is 12.1. The van der Waals surface area contributed by atoms with Crippen LogP contribution in [0.1, 0.15) is 36.2 Å². The molecule has 1 fully saturated rings. The van der Waals surface area contributed by atoms with Crippen LogP contribution in [0.5, 0.6) is 0 Å². The quantitative estimate of drug-likeness (QED) is 0.872. The summed E-state index contributed by atoms with van der Waals surface area (Å²) in [6, 6.07) is 9.89. The Balaban J connectivity index is 1.75. The first-order valence-corrected chi connectivity index (χ1v) is 8.17. The van der Waals surface area contributed by atoms with E-state index >= 15 is 0 Å². The van der Waals surface area contributed by atoms with E-state index < -0.39 is 0 Å². The van der Waals surface area contributed by atoms with Gasteiger partial charge in [0.25, 0.3) is 5.91 Å². The Morgan fingerprint density at radius 1 is 1.18 bits per heavy atom. The molecule has 0 unspecified atom stereocenters. The summed E-state index contributed by atoms with van der Waals surface area (Å²) in [5.74, 6) is 0.253. The molecule has 0 atom stereocenters. The molecule has 3 rings (SSSR count). The van der Waals surface area contributed by atoms with E-state index in [0.717, 1.165) is 18.5 Å². The molecule has 1 aliphatic rings. The van der Waals surface area contributed by atoms with Crippen molar-refractivity contribution in [2.45, 2.75) is 31.7 Å². The normalized spacial score (nSPS) is 14.8. The highest BCUT2D eigenvalue weighted by molar-refractivity contribution is 9.10. The minimum atomic E-state index is -0.155. The zero-order valence-corrected chi connectivity index (χ0v) is 13.6. The fraction of sp³-hybridized carbons (Fsp3) is 0.312. The van der Waals surface area contributed by atoms with E-state index in [9.17, 15) is 4.79 Å². The molecule has 0 radical (unpaired) electrons. The summed E-state index contributed by atoms with van der Waals surface area (Å²) in [7, 11) is 0. The van der Waals surface area contributed by atoms with Crippen LogP contribution in [0.4, 0.5) is 11.6 Å². The molecule has 1 aromatic carbocycles. The second-order valence-electron chi connectivity index (χ2n) is 5.34. The number of hydrogen-bond acceptors (Lipinski definition) is 4. The highest BCUT2D eigenvalue weighted by Crippen LogP contribution is 2.21. The van der Waals surface area contributed by atoms with Crippen LogP contribution in [-0.2, 0) is 0 Å². The van der Waals surface area contributed by atoms with E-state index in [1.807, 2.05) is 30.3 Å². The van der Waals surface area contributed by atoms with Crippen molar-refractivity contribution in [2.24, 2.45) is 0 Å². The van der Waals surface area contributed by atoms with E-state index in [1.54, 1.807) is 6.20 Å². The maximum atomic E-state index is 12.4. The van der Waals surface area contributed by atoms with Crippen LogP contribution in [-0.4, -0.2) is 21.9 Å². The molecule has 0 bridgehead atoms. The van der Waals surface area contributed by atoms with Gasteiger partial charge in [0.2, 0.25) is 5.95 Å². The molecule has 22 heavy (non-hydrogen) atoms. The predicted molar refractivity (Wildman–Crippen MR) is 89.2 cm³/mol. The summed E-state index contributed by atoms with van der Waals surface area (Å²) in [5.41, 5.74) is 1.24. The first-order chi connectivity index (χ1) is 10.7. The van der Waals surface area contributed by atoms with Gasteiger partial charge in [-0.05, 0) is 40.9 Å². The molecular formula is C16H17BrN4O. The number of halogens is 1. The van der Waals surface area contributed by atoms with E-state index in [1.165, 1.54) is 12.8 Å². The topological polar surface area (TPSA) is 66.9 Å². The maximum Gasteiger partial charge on any atom is 0.271 e. The van der Waals surface area contributed by atoms with Crippen LogP contribution in [0.3, 0.4) is 0 Å². The van der Waals surface area contributed by atoms with Crippen LogP contribution < -0.4 is 10.6 Å². The predicted octanol–water partition coefficient (Wildman–Crippen LogP) is 3.66. The number of nitrogens with one attached hydrogen (secondary N) is 2. The van der Waals surface area contributed by atoms with E-state index in [-0.39, 0.29) is 11.9 Å².